The van der Waals surface area contributed by atoms with Crippen LogP contribution in [0.5, 0.6) is 11.5 Å². The highest BCUT2D eigenvalue weighted by molar-refractivity contribution is 5.91. The quantitative estimate of drug-likeness (QED) is 0.747. The van der Waals surface area contributed by atoms with Gasteiger partial charge >= 0.3 is 0 Å². The van der Waals surface area contributed by atoms with Crippen LogP contribution >= 0.6 is 0 Å². The van der Waals surface area contributed by atoms with Crippen LogP contribution in [0.1, 0.15) is 6.42 Å². The van der Waals surface area contributed by atoms with Gasteiger partial charge in [-0.1, -0.05) is 18.2 Å². The molecule has 28 heavy (non-hydrogen) atoms. The minimum Gasteiger partial charge on any atom is -0.493 e. The number of methoxy groups -OCH3 is 2. The third-order valence-electron chi connectivity index (χ3n) is 5.12. The molecule has 0 aliphatic carbocycles. The van der Waals surface area contributed by atoms with Crippen molar-refractivity contribution in [1.82, 2.24) is 9.97 Å². The van der Waals surface area contributed by atoms with Gasteiger partial charge in [0.05, 0.1) is 19.7 Å². The molecule has 0 saturated carbocycles. The monoisotopic (exact) mass is 379 g/mol. The van der Waals surface area contributed by atoms with E-state index in [9.17, 15) is 0 Å². The minimum atomic E-state index is 0.449. The van der Waals surface area contributed by atoms with E-state index in [1.54, 1.807) is 14.2 Å². The summed E-state index contributed by atoms with van der Waals surface area (Å²) in [6.07, 6.45) is 1.03. The van der Waals surface area contributed by atoms with E-state index in [4.69, 9.17) is 20.2 Å². The Morgan fingerprint density at radius 1 is 0.857 bits per heavy atom. The second-order valence-corrected chi connectivity index (χ2v) is 6.80. The summed E-state index contributed by atoms with van der Waals surface area (Å²) in [5.41, 5.74) is 8.26. The van der Waals surface area contributed by atoms with Crippen molar-refractivity contribution in [3.8, 4) is 11.5 Å². The van der Waals surface area contributed by atoms with Crippen LogP contribution in [0.4, 0.5) is 17.5 Å². The second kappa shape index (κ2) is 7.80. The average molecular weight is 379 g/mol. The summed E-state index contributed by atoms with van der Waals surface area (Å²) in [4.78, 5) is 13.9. The van der Waals surface area contributed by atoms with Crippen molar-refractivity contribution in [2.45, 2.75) is 6.42 Å². The molecule has 0 amide bonds. The lowest BCUT2D eigenvalue weighted by Gasteiger charge is -2.24. The van der Waals surface area contributed by atoms with Crippen LogP contribution in [0.2, 0.25) is 0 Å². The lowest BCUT2D eigenvalue weighted by atomic mass is 10.2. The molecular weight excluding hydrogens is 354 g/mol. The summed E-state index contributed by atoms with van der Waals surface area (Å²) in [7, 11) is 3.22. The van der Waals surface area contributed by atoms with Crippen molar-refractivity contribution in [2.24, 2.45) is 0 Å². The number of benzene rings is 2. The Labute approximate surface area is 164 Å². The standard InChI is InChI=1S/C21H25N5O2/c1-27-18-13-16-17(14-19(18)28-2)23-21(24-20(16)22)26-10-6-9-25(11-12-26)15-7-4-3-5-8-15/h3-5,7-8,13-14H,6,9-12H2,1-2H3,(H2,22,23,24). The molecule has 0 unspecified atom stereocenters. The molecule has 2 aromatic carbocycles. The van der Waals surface area contributed by atoms with Gasteiger partial charge in [-0.2, -0.15) is 4.98 Å². The molecule has 1 aromatic heterocycles. The molecule has 1 aliphatic rings. The SMILES string of the molecule is COc1cc2nc(N3CCCN(c4ccccc4)CC3)nc(N)c2cc1OC. The molecule has 7 heteroatoms. The number of nitrogen functional groups attached to an aromatic ring is 1. The molecule has 7 nitrogen and oxygen atoms in total. The molecule has 0 spiro atoms. The van der Waals surface area contributed by atoms with E-state index < -0.39 is 0 Å². The predicted molar refractivity (Wildman–Crippen MR) is 113 cm³/mol. The Morgan fingerprint density at radius 2 is 1.54 bits per heavy atom. The van der Waals surface area contributed by atoms with Crippen molar-refractivity contribution in [3.05, 3.63) is 42.5 Å². The third kappa shape index (κ3) is 3.47. The van der Waals surface area contributed by atoms with Gasteiger partial charge in [0.15, 0.2) is 11.5 Å². The highest BCUT2D eigenvalue weighted by Crippen LogP contribution is 2.34. The molecular formula is C21H25N5O2. The maximum Gasteiger partial charge on any atom is 0.227 e. The maximum atomic E-state index is 6.25. The molecule has 0 radical (unpaired) electrons. The first-order valence-electron chi connectivity index (χ1n) is 9.44. The predicted octanol–water partition coefficient (Wildman–Crippen LogP) is 2.95. The Morgan fingerprint density at radius 3 is 2.29 bits per heavy atom. The molecule has 3 aromatic rings. The van der Waals surface area contributed by atoms with E-state index in [-0.39, 0.29) is 0 Å². The van der Waals surface area contributed by atoms with Crippen LogP contribution in [0, 0.1) is 0 Å². The minimum absolute atomic E-state index is 0.449. The summed E-state index contributed by atoms with van der Waals surface area (Å²) < 4.78 is 10.8. The van der Waals surface area contributed by atoms with Crippen molar-refractivity contribution < 1.29 is 9.47 Å². The molecule has 2 heterocycles. The van der Waals surface area contributed by atoms with Gasteiger partial charge in [-0.25, -0.2) is 4.98 Å². The second-order valence-electron chi connectivity index (χ2n) is 6.80. The normalized spacial score (nSPS) is 14.8. The lowest BCUT2D eigenvalue weighted by Crippen LogP contribution is -2.31. The van der Waals surface area contributed by atoms with Crippen molar-refractivity contribution in [1.29, 1.82) is 0 Å². The Kier molecular flexibility index (Phi) is 5.06. The van der Waals surface area contributed by atoms with Gasteiger partial charge in [0.2, 0.25) is 5.95 Å². The third-order valence-corrected chi connectivity index (χ3v) is 5.12. The molecule has 4 rings (SSSR count). The van der Waals surface area contributed by atoms with Crippen molar-refractivity contribution in [3.63, 3.8) is 0 Å². The highest BCUT2D eigenvalue weighted by atomic mass is 16.5. The Balaban J connectivity index is 1.62. The number of ether oxygens (including phenoxy) is 2. The molecule has 146 valence electrons. The van der Waals surface area contributed by atoms with Gasteiger partial charge < -0.3 is 25.0 Å². The number of hydrogen-bond acceptors (Lipinski definition) is 7. The molecule has 1 aliphatic heterocycles. The highest BCUT2D eigenvalue weighted by Gasteiger charge is 2.19. The zero-order valence-corrected chi connectivity index (χ0v) is 16.3. The summed E-state index contributed by atoms with van der Waals surface area (Å²) >= 11 is 0. The number of aromatic nitrogens is 2. The fraction of sp³-hybridized carbons (Fsp3) is 0.333. The smallest absolute Gasteiger partial charge is 0.227 e. The lowest BCUT2D eigenvalue weighted by molar-refractivity contribution is 0.356. The van der Waals surface area contributed by atoms with Crippen LogP contribution in [0.25, 0.3) is 10.9 Å². The van der Waals surface area contributed by atoms with Crippen LogP contribution in [-0.4, -0.2) is 50.4 Å². The van der Waals surface area contributed by atoms with E-state index in [0.717, 1.165) is 43.5 Å². The van der Waals surface area contributed by atoms with Gasteiger partial charge in [0.25, 0.3) is 0 Å². The fourth-order valence-corrected chi connectivity index (χ4v) is 3.62. The summed E-state index contributed by atoms with van der Waals surface area (Å²) in [5.74, 6) is 2.36. The summed E-state index contributed by atoms with van der Waals surface area (Å²) in [6, 6.07) is 14.2. The Bertz CT molecular complexity index is 964. The summed E-state index contributed by atoms with van der Waals surface area (Å²) in [6.45, 7) is 3.65. The average Bonchev–Trinajstić information content (AvgIpc) is 2.99. The van der Waals surface area contributed by atoms with Crippen LogP contribution in [-0.2, 0) is 0 Å². The number of rotatable bonds is 4. The number of nitrogens with two attached hydrogens (primary N) is 1. The van der Waals surface area contributed by atoms with Crippen molar-refractivity contribution >= 4 is 28.4 Å². The summed E-state index contributed by atoms with van der Waals surface area (Å²) in [5, 5.41) is 0.766. The maximum absolute atomic E-state index is 6.25. The van der Waals surface area contributed by atoms with Gasteiger partial charge in [0.1, 0.15) is 5.82 Å². The largest absolute Gasteiger partial charge is 0.493 e. The van der Waals surface area contributed by atoms with Gasteiger partial charge in [-0.15, -0.1) is 0 Å². The first kappa shape index (κ1) is 18.2. The van der Waals surface area contributed by atoms with Gasteiger partial charge in [-0.05, 0) is 24.6 Å². The Hall–Kier alpha value is -3.22. The molecule has 2 N–H and O–H groups in total. The first-order chi connectivity index (χ1) is 13.7. The zero-order chi connectivity index (χ0) is 19.5. The molecule has 1 fully saturated rings. The number of para-hydroxylation sites is 1. The first-order valence-corrected chi connectivity index (χ1v) is 9.44. The van der Waals surface area contributed by atoms with Crippen LogP contribution < -0.4 is 25.0 Å². The number of nitrogens with zero attached hydrogens (tertiary/aromatic N) is 4. The zero-order valence-electron chi connectivity index (χ0n) is 16.3. The van der Waals surface area contributed by atoms with Crippen LogP contribution in [0.15, 0.2) is 42.5 Å². The van der Waals surface area contributed by atoms with E-state index in [1.165, 1.54) is 5.69 Å². The number of anilines is 3. The molecule has 0 atom stereocenters. The van der Waals surface area contributed by atoms with E-state index >= 15 is 0 Å². The molecule has 1 saturated heterocycles. The topological polar surface area (TPSA) is 76.7 Å². The fourth-order valence-electron chi connectivity index (χ4n) is 3.62. The van der Waals surface area contributed by atoms with E-state index in [0.29, 0.717) is 23.3 Å². The van der Waals surface area contributed by atoms with Crippen LogP contribution in [0.3, 0.4) is 0 Å². The number of hydrogen-bond donors (Lipinski definition) is 1. The number of fused-ring (bicyclic) bond motifs is 1. The van der Waals surface area contributed by atoms with Gasteiger partial charge in [0, 0.05) is 43.3 Å². The van der Waals surface area contributed by atoms with Crippen molar-refractivity contribution in [2.75, 3.05) is 55.9 Å². The van der Waals surface area contributed by atoms with E-state index in [1.807, 2.05) is 18.2 Å². The molecule has 0 bridgehead atoms. The van der Waals surface area contributed by atoms with E-state index in [2.05, 4.69) is 39.0 Å². The van der Waals surface area contributed by atoms with Gasteiger partial charge in [-0.3, -0.25) is 0 Å².